The van der Waals surface area contributed by atoms with Crippen LogP contribution >= 0.6 is 0 Å². The van der Waals surface area contributed by atoms with E-state index in [1.54, 1.807) is 0 Å². The van der Waals surface area contributed by atoms with Crippen molar-refractivity contribution in [3.05, 3.63) is 29.8 Å². The van der Waals surface area contributed by atoms with E-state index in [-0.39, 0.29) is 13.0 Å². The maximum absolute atomic E-state index is 12.3. The third-order valence-corrected chi connectivity index (χ3v) is 4.87. The molecule has 0 N–H and O–H groups in total. The summed E-state index contributed by atoms with van der Waals surface area (Å²) < 4.78 is 68.1. The van der Waals surface area contributed by atoms with Gasteiger partial charge in [-0.05, 0) is 30.5 Å². The Kier molecular flexibility index (Phi) is 6.34. The summed E-state index contributed by atoms with van der Waals surface area (Å²) in [7, 11) is -5.77. The number of alkyl halides is 3. The summed E-state index contributed by atoms with van der Waals surface area (Å²) in [6.45, 7) is 2.09. The Morgan fingerprint density at radius 3 is 2.44 bits per heavy atom. The monoisotopic (exact) mass is 409 g/mol. The Hall–Kier alpha value is -2.30. The number of carbonyl (C=O) groups is 2. The molecule has 0 radical (unpaired) electrons. The van der Waals surface area contributed by atoms with Crippen LogP contribution in [-0.2, 0) is 19.6 Å². The van der Waals surface area contributed by atoms with Gasteiger partial charge in [0.15, 0.2) is 0 Å². The van der Waals surface area contributed by atoms with Crippen LogP contribution in [0.15, 0.2) is 24.3 Å². The number of imide groups is 1. The fourth-order valence-electron chi connectivity index (χ4n) is 2.52. The summed E-state index contributed by atoms with van der Waals surface area (Å²) in [4.78, 5) is 25.1. The third-order valence-electron chi connectivity index (χ3n) is 3.89. The van der Waals surface area contributed by atoms with E-state index in [2.05, 4.69) is 4.18 Å². The number of nitrogens with zero attached hydrogens (tertiary/aromatic N) is 1. The van der Waals surface area contributed by atoms with E-state index in [1.165, 1.54) is 12.1 Å². The van der Waals surface area contributed by atoms with Crippen molar-refractivity contribution in [2.75, 3.05) is 6.61 Å². The number of rotatable bonds is 6. The van der Waals surface area contributed by atoms with Crippen LogP contribution in [0.3, 0.4) is 0 Å². The summed E-state index contributed by atoms with van der Waals surface area (Å²) in [5.41, 5.74) is -5.09. The van der Waals surface area contributed by atoms with Gasteiger partial charge < -0.3 is 8.92 Å². The average Bonchev–Trinajstić information content (AvgIpc) is 2.96. The van der Waals surface area contributed by atoms with Gasteiger partial charge in [0.05, 0.1) is 12.6 Å². The molecule has 1 aliphatic heterocycles. The average molecular weight is 409 g/mol. The van der Waals surface area contributed by atoms with Crippen LogP contribution in [0.5, 0.6) is 5.75 Å². The highest BCUT2D eigenvalue weighted by atomic mass is 32.2. The first kappa shape index (κ1) is 21.0. The third kappa shape index (κ3) is 4.90. The zero-order valence-corrected chi connectivity index (χ0v) is 15.2. The van der Waals surface area contributed by atoms with Gasteiger partial charge >= 0.3 is 21.7 Å². The van der Waals surface area contributed by atoms with E-state index in [0.717, 1.165) is 23.5 Å². The normalized spacial score (nSPS) is 17.9. The van der Waals surface area contributed by atoms with Crippen LogP contribution < -0.4 is 4.18 Å². The van der Waals surface area contributed by atoms with Gasteiger partial charge in [-0.3, -0.25) is 4.79 Å². The van der Waals surface area contributed by atoms with Crippen LogP contribution in [0.2, 0.25) is 0 Å². The summed E-state index contributed by atoms with van der Waals surface area (Å²) in [5, 5.41) is 0. The van der Waals surface area contributed by atoms with E-state index in [0.29, 0.717) is 18.4 Å². The zero-order valence-electron chi connectivity index (χ0n) is 14.4. The lowest BCUT2D eigenvalue weighted by molar-refractivity contribution is -0.127. The predicted octanol–water partition coefficient (Wildman–Crippen LogP) is 3.52. The lowest BCUT2D eigenvalue weighted by Gasteiger charge is -2.23. The molecule has 1 aromatic carbocycles. The number of carbonyl (C=O) groups excluding carboxylic acids is 2. The second kappa shape index (κ2) is 8.15. The van der Waals surface area contributed by atoms with E-state index in [9.17, 15) is 31.2 Å². The van der Waals surface area contributed by atoms with Crippen molar-refractivity contribution in [1.29, 1.82) is 0 Å². The number of halogens is 3. The highest BCUT2D eigenvalue weighted by Gasteiger charge is 2.48. The maximum atomic E-state index is 12.3. The van der Waals surface area contributed by atoms with Gasteiger partial charge in [-0.25, -0.2) is 9.69 Å². The number of ether oxygens (including phenoxy) is 1. The number of amides is 2. The molecule has 1 aromatic rings. The summed E-state index contributed by atoms with van der Waals surface area (Å²) in [6, 6.07) is 4.03. The number of likely N-dealkylation sites (tertiary alicyclic amines) is 1. The molecule has 1 unspecified atom stereocenters. The number of benzene rings is 1. The van der Waals surface area contributed by atoms with Crippen molar-refractivity contribution in [2.45, 2.75) is 44.2 Å². The van der Waals surface area contributed by atoms with Crippen LogP contribution in [0, 0.1) is 0 Å². The van der Waals surface area contributed by atoms with Gasteiger partial charge in [0.1, 0.15) is 5.75 Å². The minimum Gasteiger partial charge on any atom is -0.449 e. The van der Waals surface area contributed by atoms with Crippen molar-refractivity contribution in [3.63, 3.8) is 0 Å². The first-order chi connectivity index (χ1) is 12.6. The molecule has 0 aliphatic carbocycles. The maximum Gasteiger partial charge on any atom is 0.534 e. The quantitative estimate of drug-likeness (QED) is 0.406. The standard InChI is InChI=1S/C16H18F3NO6S/c1-2-3-10-25-15(22)20-13(8-9-14(20)21)11-4-6-12(7-5-11)26-27(23,24)16(17,18)19/h4-7,13H,2-3,8-10H2,1H3. The summed E-state index contributed by atoms with van der Waals surface area (Å²) in [6.07, 6.45) is 1.12. The molecular formula is C16H18F3NO6S. The zero-order chi connectivity index (χ0) is 20.2. The molecular weight excluding hydrogens is 391 g/mol. The molecule has 1 fully saturated rings. The van der Waals surface area contributed by atoms with Gasteiger partial charge in [0, 0.05) is 6.42 Å². The Labute approximate surface area is 154 Å². The lowest BCUT2D eigenvalue weighted by atomic mass is 10.0. The second-order valence-electron chi connectivity index (χ2n) is 5.84. The Morgan fingerprint density at radius 1 is 1.26 bits per heavy atom. The van der Waals surface area contributed by atoms with Crippen molar-refractivity contribution in [3.8, 4) is 5.75 Å². The smallest absolute Gasteiger partial charge is 0.449 e. The largest absolute Gasteiger partial charge is 0.534 e. The second-order valence-corrected chi connectivity index (χ2v) is 7.38. The van der Waals surface area contributed by atoms with Crippen LogP contribution in [-0.4, -0.2) is 37.4 Å². The Balaban J connectivity index is 2.13. The fraction of sp³-hybridized carbons (Fsp3) is 0.500. The van der Waals surface area contributed by atoms with Gasteiger partial charge in [0.25, 0.3) is 0 Å². The molecule has 2 amide bonds. The topological polar surface area (TPSA) is 90.0 Å². The van der Waals surface area contributed by atoms with E-state index in [1.807, 2.05) is 6.92 Å². The summed E-state index contributed by atoms with van der Waals surface area (Å²) >= 11 is 0. The van der Waals surface area contributed by atoms with E-state index >= 15 is 0 Å². The fourth-order valence-corrected chi connectivity index (χ4v) is 2.98. The molecule has 1 heterocycles. The molecule has 1 atom stereocenters. The van der Waals surface area contributed by atoms with E-state index in [4.69, 9.17) is 4.74 Å². The van der Waals surface area contributed by atoms with Gasteiger partial charge in [-0.15, -0.1) is 0 Å². The van der Waals surface area contributed by atoms with Gasteiger partial charge in [0.2, 0.25) is 5.91 Å². The SMILES string of the molecule is CCCCOC(=O)N1C(=O)CCC1c1ccc(OS(=O)(=O)C(F)(F)F)cc1. The first-order valence-corrected chi connectivity index (χ1v) is 9.57. The van der Waals surface area contributed by atoms with Gasteiger partial charge in [-0.1, -0.05) is 25.5 Å². The van der Waals surface area contributed by atoms with Crippen molar-refractivity contribution >= 4 is 22.1 Å². The highest BCUT2D eigenvalue weighted by molar-refractivity contribution is 7.88. The first-order valence-electron chi connectivity index (χ1n) is 8.16. The molecule has 27 heavy (non-hydrogen) atoms. The molecule has 1 saturated heterocycles. The van der Waals surface area contributed by atoms with Crippen molar-refractivity contribution < 1.29 is 40.1 Å². The van der Waals surface area contributed by atoms with E-state index < -0.39 is 39.4 Å². The minimum absolute atomic E-state index is 0.119. The Morgan fingerprint density at radius 2 is 1.89 bits per heavy atom. The molecule has 11 heteroatoms. The number of unbranched alkanes of at least 4 members (excludes halogenated alkanes) is 1. The lowest BCUT2D eigenvalue weighted by Crippen LogP contribution is -2.35. The Bertz CT molecular complexity index is 791. The molecule has 0 bridgehead atoms. The van der Waals surface area contributed by atoms with Crippen LogP contribution in [0.4, 0.5) is 18.0 Å². The van der Waals surface area contributed by atoms with Crippen molar-refractivity contribution in [1.82, 2.24) is 4.90 Å². The minimum atomic E-state index is -5.77. The van der Waals surface area contributed by atoms with Crippen LogP contribution in [0.25, 0.3) is 0 Å². The molecule has 7 nitrogen and oxygen atoms in total. The molecule has 0 saturated carbocycles. The highest BCUT2D eigenvalue weighted by Crippen LogP contribution is 2.35. The number of hydrogen-bond acceptors (Lipinski definition) is 6. The predicted molar refractivity (Wildman–Crippen MR) is 87.1 cm³/mol. The molecule has 0 spiro atoms. The van der Waals surface area contributed by atoms with Gasteiger partial charge in [-0.2, -0.15) is 21.6 Å². The summed E-state index contributed by atoms with van der Waals surface area (Å²) in [5.74, 6) is -0.945. The molecule has 1 aliphatic rings. The van der Waals surface area contributed by atoms with Crippen molar-refractivity contribution in [2.24, 2.45) is 0 Å². The molecule has 0 aromatic heterocycles. The van der Waals surface area contributed by atoms with Crippen LogP contribution in [0.1, 0.15) is 44.2 Å². The molecule has 150 valence electrons. The molecule has 2 rings (SSSR count). The number of hydrogen-bond donors (Lipinski definition) is 0.